The third-order valence-corrected chi connectivity index (χ3v) is 4.89. The van der Waals surface area contributed by atoms with E-state index in [1.807, 2.05) is 18.2 Å². The molecule has 3 atom stereocenters. The number of hydrogen-bond acceptors (Lipinski definition) is 2. The first-order valence-electron chi connectivity index (χ1n) is 7.79. The van der Waals surface area contributed by atoms with Crippen molar-refractivity contribution in [2.75, 3.05) is 0 Å². The van der Waals surface area contributed by atoms with Crippen molar-refractivity contribution in [1.82, 2.24) is 5.32 Å². The van der Waals surface area contributed by atoms with Crippen LogP contribution in [0, 0.1) is 11.8 Å². The molecule has 2 aliphatic rings. The van der Waals surface area contributed by atoms with E-state index < -0.39 is 6.10 Å². The van der Waals surface area contributed by atoms with Crippen LogP contribution in [0.1, 0.15) is 50.1 Å². The van der Waals surface area contributed by atoms with Gasteiger partial charge in [0.1, 0.15) is 0 Å². The molecule has 0 heterocycles. The average molecular weight is 273 g/mol. The Hall–Kier alpha value is -1.35. The monoisotopic (exact) mass is 273 g/mol. The molecular weight excluding hydrogens is 250 g/mol. The predicted molar refractivity (Wildman–Crippen MR) is 78.0 cm³/mol. The van der Waals surface area contributed by atoms with Crippen molar-refractivity contribution in [2.45, 2.75) is 50.7 Å². The summed E-state index contributed by atoms with van der Waals surface area (Å²) in [5, 5.41) is 13.1. The van der Waals surface area contributed by atoms with Crippen molar-refractivity contribution in [2.24, 2.45) is 11.8 Å². The molecule has 0 radical (unpaired) electrons. The number of carbonyl (C=O) groups is 1. The second-order valence-corrected chi connectivity index (χ2v) is 6.19. The van der Waals surface area contributed by atoms with Gasteiger partial charge in [-0.05, 0) is 43.6 Å². The lowest BCUT2D eigenvalue weighted by atomic mass is 9.77. The zero-order valence-electron chi connectivity index (χ0n) is 11.8. The maximum Gasteiger partial charge on any atom is 0.226 e. The summed E-state index contributed by atoms with van der Waals surface area (Å²) in [5.41, 5.74) is 1.19. The first-order valence-corrected chi connectivity index (χ1v) is 7.79. The Balaban J connectivity index is 1.72. The summed E-state index contributed by atoms with van der Waals surface area (Å²) in [6.07, 6.45) is 5.72. The highest BCUT2D eigenvalue weighted by Crippen LogP contribution is 2.38. The Kier molecular flexibility index (Phi) is 4.06. The van der Waals surface area contributed by atoms with Gasteiger partial charge in [0.2, 0.25) is 5.91 Å². The molecule has 2 aliphatic carbocycles. The van der Waals surface area contributed by atoms with Gasteiger partial charge in [0.15, 0.2) is 0 Å². The van der Waals surface area contributed by atoms with Gasteiger partial charge in [-0.1, -0.05) is 36.8 Å². The Morgan fingerprint density at radius 3 is 2.35 bits per heavy atom. The number of aliphatic hydroxyl groups is 1. The van der Waals surface area contributed by atoms with Crippen LogP contribution in [0.4, 0.5) is 0 Å². The minimum absolute atomic E-state index is 0.0377. The van der Waals surface area contributed by atoms with Crippen LogP contribution in [0.15, 0.2) is 30.3 Å². The molecule has 3 rings (SSSR count). The number of carbonyl (C=O) groups excluding carboxylic acids is 1. The molecular formula is C17H23NO2. The van der Waals surface area contributed by atoms with Crippen molar-refractivity contribution in [3.8, 4) is 0 Å². The summed E-state index contributed by atoms with van der Waals surface area (Å²) in [4.78, 5) is 12.4. The van der Waals surface area contributed by atoms with Crippen molar-refractivity contribution in [1.29, 1.82) is 0 Å². The molecule has 2 fully saturated rings. The van der Waals surface area contributed by atoms with E-state index >= 15 is 0 Å². The van der Waals surface area contributed by atoms with Gasteiger partial charge in [0.25, 0.3) is 0 Å². The van der Waals surface area contributed by atoms with E-state index in [0.29, 0.717) is 5.92 Å². The molecule has 0 aromatic heterocycles. The van der Waals surface area contributed by atoms with E-state index in [-0.39, 0.29) is 17.9 Å². The fourth-order valence-electron chi connectivity index (χ4n) is 3.41. The molecule has 0 bridgehead atoms. The minimum atomic E-state index is -0.451. The zero-order chi connectivity index (χ0) is 13.9. The van der Waals surface area contributed by atoms with Gasteiger partial charge >= 0.3 is 0 Å². The smallest absolute Gasteiger partial charge is 0.226 e. The Morgan fingerprint density at radius 1 is 1.10 bits per heavy atom. The summed E-state index contributed by atoms with van der Waals surface area (Å²) in [7, 11) is 0. The van der Waals surface area contributed by atoms with E-state index in [9.17, 15) is 9.90 Å². The molecule has 0 spiro atoms. The van der Waals surface area contributed by atoms with Gasteiger partial charge in [-0.15, -0.1) is 0 Å². The zero-order valence-corrected chi connectivity index (χ0v) is 11.8. The largest absolute Gasteiger partial charge is 0.392 e. The number of nitrogens with one attached hydrogen (secondary N) is 1. The minimum Gasteiger partial charge on any atom is -0.392 e. The maximum absolute atomic E-state index is 12.4. The lowest BCUT2D eigenvalue weighted by molar-refractivity contribution is -0.129. The van der Waals surface area contributed by atoms with Crippen molar-refractivity contribution in [3.05, 3.63) is 35.9 Å². The van der Waals surface area contributed by atoms with Crippen molar-refractivity contribution in [3.63, 3.8) is 0 Å². The molecule has 3 unspecified atom stereocenters. The maximum atomic E-state index is 12.4. The molecule has 1 aromatic carbocycles. The van der Waals surface area contributed by atoms with Gasteiger partial charge in [0.05, 0.1) is 18.1 Å². The molecule has 3 nitrogen and oxygen atoms in total. The van der Waals surface area contributed by atoms with Crippen LogP contribution in [0.3, 0.4) is 0 Å². The summed E-state index contributed by atoms with van der Waals surface area (Å²) in [5.74, 6) is 0.386. The van der Waals surface area contributed by atoms with Gasteiger partial charge in [-0.25, -0.2) is 0 Å². The standard InChI is InChI=1S/C17H23NO2/c19-15-11-5-10-14(15)17(20)18-16(13-8-4-9-13)12-6-2-1-3-7-12/h1-3,6-7,13-16,19H,4-5,8-11H2,(H,18,20). The predicted octanol–water partition coefficient (Wildman–Crippen LogP) is 2.81. The van der Waals surface area contributed by atoms with Gasteiger partial charge in [-0.3, -0.25) is 4.79 Å². The quantitative estimate of drug-likeness (QED) is 0.886. The highest BCUT2D eigenvalue weighted by atomic mass is 16.3. The van der Waals surface area contributed by atoms with E-state index in [2.05, 4.69) is 17.4 Å². The number of rotatable bonds is 4. The lowest BCUT2D eigenvalue weighted by Crippen LogP contribution is -2.41. The third-order valence-electron chi connectivity index (χ3n) is 4.89. The first kappa shape index (κ1) is 13.6. The van der Waals surface area contributed by atoms with Crippen LogP contribution < -0.4 is 5.32 Å². The lowest BCUT2D eigenvalue weighted by Gasteiger charge is -2.35. The third kappa shape index (κ3) is 2.73. The van der Waals surface area contributed by atoms with Gasteiger partial charge in [-0.2, -0.15) is 0 Å². The first-order chi connectivity index (χ1) is 9.75. The summed E-state index contributed by atoms with van der Waals surface area (Å²) in [6.45, 7) is 0. The second-order valence-electron chi connectivity index (χ2n) is 6.19. The summed E-state index contributed by atoms with van der Waals surface area (Å²) >= 11 is 0. The molecule has 0 saturated heterocycles. The summed E-state index contributed by atoms with van der Waals surface area (Å²) in [6, 6.07) is 10.4. The molecule has 3 heteroatoms. The molecule has 108 valence electrons. The van der Waals surface area contributed by atoms with Gasteiger partial charge < -0.3 is 10.4 Å². The normalized spacial score (nSPS) is 27.9. The Labute approximate surface area is 120 Å². The van der Waals surface area contributed by atoms with Crippen molar-refractivity contribution >= 4 is 5.91 Å². The fourth-order valence-corrected chi connectivity index (χ4v) is 3.41. The molecule has 1 aromatic rings. The number of aliphatic hydroxyl groups excluding tert-OH is 1. The van der Waals surface area contributed by atoms with Crippen LogP contribution in [-0.4, -0.2) is 17.1 Å². The van der Waals surface area contributed by atoms with Crippen LogP contribution in [0.5, 0.6) is 0 Å². The number of benzene rings is 1. The van der Waals surface area contributed by atoms with Crippen molar-refractivity contribution < 1.29 is 9.90 Å². The van der Waals surface area contributed by atoms with Gasteiger partial charge in [0, 0.05) is 0 Å². The van der Waals surface area contributed by atoms with Crippen LogP contribution in [0.2, 0.25) is 0 Å². The molecule has 20 heavy (non-hydrogen) atoms. The van der Waals surface area contributed by atoms with Crippen LogP contribution in [-0.2, 0) is 4.79 Å². The Bertz CT molecular complexity index is 455. The van der Waals surface area contributed by atoms with E-state index in [1.54, 1.807) is 0 Å². The average Bonchev–Trinajstić information content (AvgIpc) is 2.83. The molecule has 0 aliphatic heterocycles. The number of hydrogen-bond donors (Lipinski definition) is 2. The molecule has 1 amide bonds. The molecule has 2 saturated carbocycles. The topological polar surface area (TPSA) is 49.3 Å². The molecule has 2 N–H and O–H groups in total. The SMILES string of the molecule is O=C(NC(c1ccccc1)C1CCC1)C1CCCC1O. The summed E-state index contributed by atoms with van der Waals surface area (Å²) < 4.78 is 0. The highest BCUT2D eigenvalue weighted by molar-refractivity contribution is 5.80. The van der Waals surface area contributed by atoms with Crippen LogP contribution in [0.25, 0.3) is 0 Å². The Morgan fingerprint density at radius 2 is 1.80 bits per heavy atom. The van der Waals surface area contributed by atoms with E-state index in [0.717, 1.165) is 19.3 Å². The number of amides is 1. The highest BCUT2D eigenvalue weighted by Gasteiger charge is 2.35. The fraction of sp³-hybridized carbons (Fsp3) is 0.588. The second kappa shape index (κ2) is 5.96. The van der Waals surface area contributed by atoms with E-state index in [4.69, 9.17) is 0 Å². The van der Waals surface area contributed by atoms with Crippen LogP contribution >= 0.6 is 0 Å². The van der Waals surface area contributed by atoms with E-state index in [1.165, 1.54) is 24.8 Å².